The van der Waals surface area contributed by atoms with E-state index in [1.165, 1.54) is 23.1 Å². The predicted molar refractivity (Wildman–Crippen MR) is 101 cm³/mol. The summed E-state index contributed by atoms with van der Waals surface area (Å²) in [5, 5.41) is 20.5. The average molecular weight is 385 g/mol. The van der Waals surface area contributed by atoms with Crippen LogP contribution >= 0.6 is 23.1 Å². The number of para-hydroxylation sites is 1. The first kappa shape index (κ1) is 16.8. The number of anilines is 2. The summed E-state index contributed by atoms with van der Waals surface area (Å²) in [6.45, 7) is 3.77. The SMILES string of the molecule is Cc1cc(-c2nnc(CSc3nnc(Nc4ccccc4)s3)o2)c(C)o1. The van der Waals surface area contributed by atoms with Gasteiger partial charge in [0.1, 0.15) is 11.5 Å². The fourth-order valence-corrected chi connectivity index (χ4v) is 3.96. The van der Waals surface area contributed by atoms with E-state index in [1.807, 2.05) is 50.2 Å². The third kappa shape index (κ3) is 3.78. The maximum absolute atomic E-state index is 5.73. The van der Waals surface area contributed by atoms with Gasteiger partial charge in [-0.1, -0.05) is 41.3 Å². The minimum Gasteiger partial charge on any atom is -0.466 e. The van der Waals surface area contributed by atoms with Gasteiger partial charge >= 0.3 is 0 Å². The number of aromatic nitrogens is 4. The summed E-state index contributed by atoms with van der Waals surface area (Å²) >= 11 is 2.99. The van der Waals surface area contributed by atoms with Gasteiger partial charge in [0.05, 0.1) is 11.3 Å². The first-order valence-corrected chi connectivity index (χ1v) is 9.66. The van der Waals surface area contributed by atoms with Gasteiger partial charge in [-0.05, 0) is 32.0 Å². The van der Waals surface area contributed by atoms with Crippen molar-refractivity contribution in [2.24, 2.45) is 0 Å². The maximum atomic E-state index is 5.73. The summed E-state index contributed by atoms with van der Waals surface area (Å²) in [4.78, 5) is 0. The average Bonchev–Trinajstić information content (AvgIpc) is 3.34. The number of furan rings is 1. The Kier molecular flexibility index (Phi) is 4.72. The lowest BCUT2D eigenvalue weighted by Gasteiger charge is -1.99. The van der Waals surface area contributed by atoms with Crippen LogP contribution in [0.2, 0.25) is 0 Å². The summed E-state index contributed by atoms with van der Waals surface area (Å²) in [7, 11) is 0. The van der Waals surface area contributed by atoms with Crippen molar-refractivity contribution in [3.8, 4) is 11.5 Å². The fraction of sp³-hybridized carbons (Fsp3) is 0.176. The smallest absolute Gasteiger partial charge is 0.251 e. The summed E-state index contributed by atoms with van der Waals surface area (Å²) in [5.74, 6) is 3.13. The number of hydrogen-bond donors (Lipinski definition) is 1. The number of nitrogens with one attached hydrogen (secondary N) is 1. The molecule has 4 rings (SSSR count). The largest absolute Gasteiger partial charge is 0.466 e. The highest BCUT2D eigenvalue weighted by atomic mass is 32.2. The van der Waals surface area contributed by atoms with Crippen LogP contribution in [-0.2, 0) is 5.75 Å². The van der Waals surface area contributed by atoms with Gasteiger partial charge in [-0.2, -0.15) is 0 Å². The molecule has 9 heteroatoms. The molecule has 4 aromatic rings. The van der Waals surface area contributed by atoms with E-state index in [1.54, 1.807) is 0 Å². The Morgan fingerprint density at radius 1 is 1.04 bits per heavy atom. The number of nitrogens with zero attached hydrogens (tertiary/aromatic N) is 4. The Morgan fingerprint density at radius 2 is 1.88 bits per heavy atom. The second-order valence-electron chi connectivity index (χ2n) is 5.48. The Morgan fingerprint density at radius 3 is 2.65 bits per heavy atom. The van der Waals surface area contributed by atoms with E-state index in [4.69, 9.17) is 8.83 Å². The standard InChI is InChI=1S/C17H15N5O2S2/c1-10-8-13(11(2)23-10)15-20-19-14(24-15)9-25-17-22-21-16(26-17)18-12-6-4-3-5-7-12/h3-8H,9H2,1-2H3,(H,18,21). The lowest BCUT2D eigenvalue weighted by atomic mass is 10.2. The molecule has 0 bridgehead atoms. The molecule has 0 saturated heterocycles. The molecule has 0 amide bonds. The first-order valence-electron chi connectivity index (χ1n) is 7.85. The van der Waals surface area contributed by atoms with Gasteiger partial charge in [0.25, 0.3) is 5.89 Å². The molecule has 1 aromatic carbocycles. The van der Waals surface area contributed by atoms with Crippen molar-refractivity contribution < 1.29 is 8.83 Å². The molecular formula is C17H15N5O2S2. The van der Waals surface area contributed by atoms with Crippen LogP contribution in [0.3, 0.4) is 0 Å². The molecule has 1 N–H and O–H groups in total. The number of thioether (sulfide) groups is 1. The van der Waals surface area contributed by atoms with Crippen molar-refractivity contribution in [1.29, 1.82) is 0 Å². The molecule has 0 aliphatic rings. The summed E-state index contributed by atoms with van der Waals surface area (Å²) in [5.41, 5.74) is 1.81. The second-order valence-corrected chi connectivity index (χ2v) is 7.68. The van der Waals surface area contributed by atoms with Crippen molar-refractivity contribution in [3.05, 3.63) is 53.8 Å². The second kappa shape index (κ2) is 7.30. The van der Waals surface area contributed by atoms with E-state index in [0.717, 1.165) is 32.2 Å². The number of hydrogen-bond acceptors (Lipinski definition) is 9. The minimum absolute atomic E-state index is 0.471. The molecule has 0 aliphatic heterocycles. The lowest BCUT2D eigenvalue weighted by molar-refractivity contribution is 0.499. The minimum atomic E-state index is 0.471. The van der Waals surface area contributed by atoms with Crippen LogP contribution in [0.15, 0.2) is 49.6 Å². The number of aryl methyl sites for hydroxylation is 2. The Hall–Kier alpha value is -2.65. The van der Waals surface area contributed by atoms with Gasteiger partial charge in [0.2, 0.25) is 11.0 Å². The van der Waals surface area contributed by atoms with Gasteiger partial charge in [-0.3, -0.25) is 0 Å². The molecule has 0 spiro atoms. The van der Waals surface area contributed by atoms with E-state index in [0.29, 0.717) is 17.5 Å². The predicted octanol–water partition coefficient (Wildman–Crippen LogP) is 4.83. The van der Waals surface area contributed by atoms with Gasteiger partial charge < -0.3 is 14.2 Å². The first-order chi connectivity index (χ1) is 12.7. The van der Waals surface area contributed by atoms with Crippen LogP contribution in [0.25, 0.3) is 11.5 Å². The van der Waals surface area contributed by atoms with Crippen LogP contribution in [0.4, 0.5) is 10.8 Å². The normalized spacial score (nSPS) is 11.0. The van der Waals surface area contributed by atoms with E-state index < -0.39 is 0 Å². The molecule has 26 heavy (non-hydrogen) atoms. The lowest BCUT2D eigenvalue weighted by Crippen LogP contribution is -1.87. The van der Waals surface area contributed by atoms with Gasteiger partial charge in [-0.15, -0.1) is 20.4 Å². The Balaban J connectivity index is 1.38. The maximum Gasteiger partial charge on any atom is 0.251 e. The Labute approximate surface area is 157 Å². The fourth-order valence-electron chi connectivity index (χ4n) is 2.35. The quantitative estimate of drug-likeness (QED) is 0.472. The topological polar surface area (TPSA) is 89.9 Å². The van der Waals surface area contributed by atoms with E-state index in [9.17, 15) is 0 Å². The van der Waals surface area contributed by atoms with E-state index in [-0.39, 0.29) is 0 Å². The highest BCUT2D eigenvalue weighted by molar-refractivity contribution is 8.00. The van der Waals surface area contributed by atoms with Gasteiger partial charge in [-0.25, -0.2) is 0 Å². The molecule has 0 aliphatic carbocycles. The monoisotopic (exact) mass is 385 g/mol. The van der Waals surface area contributed by atoms with Crippen LogP contribution in [0.1, 0.15) is 17.4 Å². The van der Waals surface area contributed by atoms with Gasteiger partial charge in [0, 0.05) is 5.69 Å². The molecule has 0 fully saturated rings. The number of benzene rings is 1. The van der Waals surface area contributed by atoms with Gasteiger partial charge in [0.15, 0.2) is 4.34 Å². The van der Waals surface area contributed by atoms with Crippen LogP contribution < -0.4 is 5.32 Å². The van der Waals surface area contributed by atoms with Crippen molar-refractivity contribution in [1.82, 2.24) is 20.4 Å². The van der Waals surface area contributed by atoms with Crippen LogP contribution in [0, 0.1) is 13.8 Å². The van der Waals surface area contributed by atoms with E-state index >= 15 is 0 Å². The molecule has 7 nitrogen and oxygen atoms in total. The molecular weight excluding hydrogens is 370 g/mol. The Bertz CT molecular complexity index is 1010. The number of rotatable bonds is 6. The van der Waals surface area contributed by atoms with Crippen molar-refractivity contribution >= 4 is 33.9 Å². The van der Waals surface area contributed by atoms with Crippen molar-refractivity contribution in [2.45, 2.75) is 23.9 Å². The third-order valence-electron chi connectivity index (χ3n) is 3.49. The highest BCUT2D eigenvalue weighted by Gasteiger charge is 2.15. The van der Waals surface area contributed by atoms with E-state index in [2.05, 4.69) is 25.7 Å². The van der Waals surface area contributed by atoms with Crippen molar-refractivity contribution in [2.75, 3.05) is 5.32 Å². The highest BCUT2D eigenvalue weighted by Crippen LogP contribution is 2.31. The van der Waals surface area contributed by atoms with Crippen LogP contribution in [-0.4, -0.2) is 20.4 Å². The molecule has 132 valence electrons. The molecule has 0 saturated carbocycles. The summed E-state index contributed by atoms with van der Waals surface area (Å²) in [6, 6.07) is 11.8. The molecule has 0 radical (unpaired) electrons. The molecule has 3 aromatic heterocycles. The van der Waals surface area contributed by atoms with Crippen molar-refractivity contribution in [3.63, 3.8) is 0 Å². The zero-order valence-corrected chi connectivity index (χ0v) is 15.7. The summed E-state index contributed by atoms with van der Waals surface area (Å²) in [6.07, 6.45) is 0. The molecule has 3 heterocycles. The van der Waals surface area contributed by atoms with Crippen LogP contribution in [0.5, 0.6) is 0 Å². The molecule has 0 atom stereocenters. The summed E-state index contributed by atoms with van der Waals surface area (Å²) < 4.78 is 12.1. The zero-order valence-electron chi connectivity index (χ0n) is 14.1. The third-order valence-corrected chi connectivity index (χ3v) is 5.45. The molecule has 0 unspecified atom stereocenters. The zero-order chi connectivity index (χ0) is 17.9.